The molecule has 0 aliphatic heterocycles. The van der Waals surface area contributed by atoms with Crippen molar-refractivity contribution in [2.45, 2.75) is 373 Å². The van der Waals surface area contributed by atoms with Crippen molar-refractivity contribution in [3.05, 3.63) is 48.6 Å². The average molecular weight is 1170 g/mol. The first-order valence-electron chi connectivity index (χ1n) is 36.0. The van der Waals surface area contributed by atoms with Gasteiger partial charge in [0.05, 0.1) is 39.9 Å². The summed E-state index contributed by atoms with van der Waals surface area (Å²) in [7, 11) is 1.59. The standard InChI is InChI=1S/C73H141N2O6P/c1-6-8-10-12-14-16-18-20-22-24-26-28-30-32-33-34-35-36-37-38-39-40-41-43-45-47-49-51-53-55-57-59-61-63-65-67-73(77)74-71(70-81-82(78,79)80-69-68-75(3,4)5)72(76)66-64-62-60-58-56-54-52-50-48-46-44-42-31-29-27-25-23-21-19-17-15-13-11-9-7-2/h18,20,24,26,30,32,64,66,71-72,76H,6-17,19,21-23,25,27-29,31,33-63,65,67-70H2,1-5H3,(H-,74,77,78,79)/p+1/b20-18-,26-24-,32-30-,66-64+. The summed E-state index contributed by atoms with van der Waals surface area (Å²) in [5.74, 6) is -0.170. The van der Waals surface area contributed by atoms with Crippen molar-refractivity contribution in [1.82, 2.24) is 5.32 Å². The molecule has 0 heterocycles. The van der Waals surface area contributed by atoms with Crippen LogP contribution in [0.15, 0.2) is 48.6 Å². The van der Waals surface area contributed by atoms with Crippen molar-refractivity contribution in [2.24, 2.45) is 0 Å². The van der Waals surface area contributed by atoms with Crippen LogP contribution < -0.4 is 5.32 Å². The first kappa shape index (κ1) is 80.5. The molecule has 0 aromatic heterocycles. The lowest BCUT2D eigenvalue weighted by Gasteiger charge is -2.25. The number of rotatable bonds is 67. The predicted molar refractivity (Wildman–Crippen MR) is 360 cm³/mol. The first-order valence-corrected chi connectivity index (χ1v) is 37.5. The molecule has 0 aromatic rings. The number of carbonyl (C=O) groups is 1. The molecular weight excluding hydrogens is 1030 g/mol. The van der Waals surface area contributed by atoms with E-state index >= 15 is 0 Å². The Morgan fingerprint density at radius 3 is 1.01 bits per heavy atom. The van der Waals surface area contributed by atoms with Gasteiger partial charge < -0.3 is 19.8 Å². The molecule has 0 aliphatic carbocycles. The molecule has 1 amide bonds. The van der Waals surface area contributed by atoms with E-state index in [0.29, 0.717) is 17.4 Å². The zero-order chi connectivity index (χ0) is 59.8. The molecule has 8 nitrogen and oxygen atoms in total. The average Bonchev–Trinajstić information content (AvgIpc) is 3.45. The number of nitrogens with one attached hydrogen (secondary N) is 1. The minimum Gasteiger partial charge on any atom is -0.387 e. The van der Waals surface area contributed by atoms with Gasteiger partial charge in [0.15, 0.2) is 0 Å². The lowest BCUT2D eigenvalue weighted by Crippen LogP contribution is -2.45. The van der Waals surface area contributed by atoms with Crippen molar-refractivity contribution >= 4 is 13.7 Å². The maximum Gasteiger partial charge on any atom is 0.472 e. The van der Waals surface area contributed by atoms with E-state index in [4.69, 9.17) is 9.05 Å². The number of quaternary nitrogens is 1. The monoisotopic (exact) mass is 1170 g/mol. The van der Waals surface area contributed by atoms with Gasteiger partial charge >= 0.3 is 7.82 Å². The lowest BCUT2D eigenvalue weighted by molar-refractivity contribution is -0.870. The smallest absolute Gasteiger partial charge is 0.387 e. The van der Waals surface area contributed by atoms with Gasteiger partial charge in [-0.3, -0.25) is 13.8 Å². The highest BCUT2D eigenvalue weighted by Gasteiger charge is 2.28. The Morgan fingerprint density at radius 2 is 0.695 bits per heavy atom. The van der Waals surface area contributed by atoms with E-state index in [1.54, 1.807) is 6.08 Å². The van der Waals surface area contributed by atoms with Gasteiger partial charge in [-0.25, -0.2) is 4.57 Å². The summed E-state index contributed by atoms with van der Waals surface area (Å²) in [6.07, 6.45) is 86.9. The number of hydrogen-bond donors (Lipinski definition) is 3. The maximum atomic E-state index is 13.1. The summed E-state index contributed by atoms with van der Waals surface area (Å²) in [4.78, 5) is 23.4. The molecule has 0 saturated heterocycles. The van der Waals surface area contributed by atoms with Gasteiger partial charge in [0.25, 0.3) is 0 Å². The Balaban J connectivity index is 4.01. The molecule has 0 rings (SSSR count). The van der Waals surface area contributed by atoms with E-state index in [1.165, 1.54) is 295 Å². The molecule has 0 fully saturated rings. The molecular formula is C73H142N2O6P+. The second kappa shape index (κ2) is 63.9. The van der Waals surface area contributed by atoms with Crippen molar-refractivity contribution in [2.75, 3.05) is 40.9 Å². The molecule has 0 spiro atoms. The number of allylic oxidation sites excluding steroid dienone is 7. The number of carbonyl (C=O) groups excluding carboxylic acids is 1. The van der Waals surface area contributed by atoms with Crippen molar-refractivity contribution in [3.63, 3.8) is 0 Å². The van der Waals surface area contributed by atoms with Gasteiger partial charge in [-0.1, -0.05) is 345 Å². The number of unbranched alkanes of at least 4 members (excludes halogenated alkanes) is 48. The predicted octanol–water partition coefficient (Wildman–Crippen LogP) is 23.0. The highest BCUT2D eigenvalue weighted by molar-refractivity contribution is 7.47. The highest BCUT2D eigenvalue weighted by Crippen LogP contribution is 2.43. The van der Waals surface area contributed by atoms with E-state index in [2.05, 4.69) is 55.6 Å². The highest BCUT2D eigenvalue weighted by atomic mass is 31.2. The van der Waals surface area contributed by atoms with Gasteiger partial charge in [-0.05, 0) is 57.8 Å². The molecule has 9 heteroatoms. The van der Waals surface area contributed by atoms with Crippen LogP contribution in [0.4, 0.5) is 0 Å². The van der Waals surface area contributed by atoms with Crippen molar-refractivity contribution in [1.29, 1.82) is 0 Å². The Hall–Kier alpha value is -1.54. The fraction of sp³-hybridized carbons (Fsp3) is 0.877. The van der Waals surface area contributed by atoms with Gasteiger partial charge in [0, 0.05) is 6.42 Å². The van der Waals surface area contributed by atoms with Crippen LogP contribution in [-0.2, 0) is 18.4 Å². The molecule has 0 saturated carbocycles. The minimum atomic E-state index is -4.35. The number of phosphoric ester groups is 1. The summed E-state index contributed by atoms with van der Waals surface area (Å²) < 4.78 is 23.8. The van der Waals surface area contributed by atoms with Crippen LogP contribution in [0.2, 0.25) is 0 Å². The zero-order valence-electron chi connectivity index (χ0n) is 55.5. The third kappa shape index (κ3) is 66.0. The number of nitrogens with zero attached hydrogens (tertiary/aromatic N) is 1. The zero-order valence-corrected chi connectivity index (χ0v) is 56.4. The molecule has 0 bridgehead atoms. The van der Waals surface area contributed by atoms with E-state index in [9.17, 15) is 19.4 Å². The number of amides is 1. The number of phosphoric acid groups is 1. The van der Waals surface area contributed by atoms with Crippen LogP contribution in [0.25, 0.3) is 0 Å². The quantitative estimate of drug-likeness (QED) is 0.0243. The topological polar surface area (TPSA) is 105 Å². The third-order valence-electron chi connectivity index (χ3n) is 16.5. The van der Waals surface area contributed by atoms with Crippen LogP contribution in [-0.4, -0.2) is 73.4 Å². The molecule has 3 unspecified atom stereocenters. The van der Waals surface area contributed by atoms with Gasteiger partial charge in [0.1, 0.15) is 13.2 Å². The Morgan fingerprint density at radius 1 is 0.415 bits per heavy atom. The number of likely N-dealkylation sites (N-methyl/N-ethyl adjacent to an activating group) is 1. The summed E-state index contributed by atoms with van der Waals surface area (Å²) in [5, 5.41) is 14.0. The summed E-state index contributed by atoms with van der Waals surface area (Å²) in [5.41, 5.74) is 0. The van der Waals surface area contributed by atoms with Gasteiger partial charge in [-0.15, -0.1) is 0 Å². The molecule has 0 aliphatic rings. The minimum absolute atomic E-state index is 0.0630. The number of aliphatic hydroxyl groups excluding tert-OH is 1. The Kier molecular flexibility index (Phi) is 62.7. The van der Waals surface area contributed by atoms with Crippen molar-refractivity contribution in [3.8, 4) is 0 Å². The Bertz CT molecular complexity index is 1480. The molecule has 82 heavy (non-hydrogen) atoms. The molecule has 3 atom stereocenters. The largest absolute Gasteiger partial charge is 0.472 e. The summed E-state index contributed by atoms with van der Waals surface area (Å²) in [6.45, 7) is 4.86. The second-order valence-corrected chi connectivity index (χ2v) is 27.4. The molecule has 484 valence electrons. The van der Waals surface area contributed by atoms with Crippen LogP contribution in [0.5, 0.6) is 0 Å². The second-order valence-electron chi connectivity index (χ2n) is 26.0. The van der Waals surface area contributed by atoms with E-state index in [1.807, 2.05) is 27.2 Å². The lowest BCUT2D eigenvalue weighted by atomic mass is 10.0. The SMILES string of the molecule is CCCCCCC/C=C\C/C=C\C/C=C\CCCCCCCCCCCCCCCCCCCCCCC(=O)NC(COP(=O)(O)OCC[N+](C)(C)C)C(O)/C=C/CCCCCCCCCCCCCCCCCCCCCCCCC. The van der Waals surface area contributed by atoms with Gasteiger partial charge in [0.2, 0.25) is 5.91 Å². The molecule has 3 N–H and O–H groups in total. The maximum absolute atomic E-state index is 13.1. The normalized spacial score (nSPS) is 13.9. The van der Waals surface area contributed by atoms with E-state index in [0.717, 1.165) is 44.9 Å². The third-order valence-corrected chi connectivity index (χ3v) is 17.5. The van der Waals surface area contributed by atoms with Crippen LogP contribution in [0.3, 0.4) is 0 Å². The van der Waals surface area contributed by atoms with E-state index < -0.39 is 20.0 Å². The molecule has 0 aromatic carbocycles. The van der Waals surface area contributed by atoms with Crippen LogP contribution >= 0.6 is 7.82 Å². The summed E-state index contributed by atoms with van der Waals surface area (Å²) >= 11 is 0. The van der Waals surface area contributed by atoms with Crippen LogP contribution in [0.1, 0.15) is 361 Å². The van der Waals surface area contributed by atoms with E-state index in [-0.39, 0.29) is 19.1 Å². The van der Waals surface area contributed by atoms with Crippen LogP contribution in [0, 0.1) is 0 Å². The molecule has 0 radical (unpaired) electrons. The summed E-state index contributed by atoms with van der Waals surface area (Å²) in [6, 6.07) is -0.847. The number of hydrogen-bond acceptors (Lipinski definition) is 5. The first-order chi connectivity index (χ1) is 40.0. The number of aliphatic hydroxyl groups is 1. The fourth-order valence-corrected chi connectivity index (χ4v) is 11.7. The van der Waals surface area contributed by atoms with Gasteiger partial charge in [-0.2, -0.15) is 0 Å². The van der Waals surface area contributed by atoms with Crippen molar-refractivity contribution < 1.29 is 32.9 Å². The Labute approximate surface area is 511 Å². The fourth-order valence-electron chi connectivity index (χ4n) is 10.9.